The number of nitrogens with one attached hydrogen (secondary N) is 3. The van der Waals surface area contributed by atoms with Gasteiger partial charge in [0.2, 0.25) is 0 Å². The van der Waals surface area contributed by atoms with Gasteiger partial charge in [-0.2, -0.15) is 0 Å². The van der Waals surface area contributed by atoms with Crippen molar-refractivity contribution >= 4 is 62.1 Å². The second-order valence-corrected chi connectivity index (χ2v) is 10.6. The molecule has 10 nitrogen and oxygen atoms in total. The second kappa shape index (κ2) is 9.08. The summed E-state index contributed by atoms with van der Waals surface area (Å²) in [6, 6.07) is 7.02. The summed E-state index contributed by atoms with van der Waals surface area (Å²) in [6.45, 7) is 1.64. The molecule has 3 heterocycles. The van der Waals surface area contributed by atoms with E-state index in [1.54, 1.807) is 14.0 Å². The monoisotopic (exact) mass is 525 g/mol. The van der Waals surface area contributed by atoms with Crippen LogP contribution in [0.5, 0.6) is 5.75 Å². The Kier molecular flexibility index (Phi) is 6.34. The number of urea groups is 1. The minimum Gasteiger partial charge on any atom is -0.469 e. The molecule has 0 radical (unpaired) electrons. The van der Waals surface area contributed by atoms with Crippen LogP contribution in [0, 0.1) is 5.82 Å². The van der Waals surface area contributed by atoms with Crippen molar-refractivity contribution in [2.24, 2.45) is 0 Å². The van der Waals surface area contributed by atoms with Crippen molar-refractivity contribution in [3.8, 4) is 5.75 Å². The summed E-state index contributed by atoms with van der Waals surface area (Å²) >= 11 is 6.54. The number of hydrogen-bond donors (Lipinski definition) is 3. The lowest BCUT2D eigenvalue weighted by atomic mass is 10.1. The smallest absolute Gasteiger partial charge is 0.334 e. The first-order chi connectivity index (χ1) is 16.1. The maximum absolute atomic E-state index is 14.2. The van der Waals surface area contributed by atoms with Crippen molar-refractivity contribution in [3.63, 3.8) is 0 Å². The number of carbonyl (C=O) groups excluding carboxylic acids is 2. The first kappa shape index (κ1) is 23.7. The van der Waals surface area contributed by atoms with E-state index in [-0.39, 0.29) is 31.4 Å². The van der Waals surface area contributed by atoms with E-state index < -0.39 is 34.0 Å². The number of ether oxygens (including phenoxy) is 1. The van der Waals surface area contributed by atoms with Gasteiger partial charge in [0.15, 0.2) is 6.23 Å². The topological polar surface area (TPSA) is 130 Å². The highest BCUT2D eigenvalue weighted by molar-refractivity contribution is 7.92. The normalized spacial score (nSPS) is 15.4. The van der Waals surface area contributed by atoms with Gasteiger partial charge >= 0.3 is 6.03 Å². The van der Waals surface area contributed by atoms with Gasteiger partial charge in [-0.25, -0.2) is 27.3 Å². The van der Waals surface area contributed by atoms with Gasteiger partial charge in [0, 0.05) is 13.1 Å². The highest BCUT2D eigenvalue weighted by atomic mass is 35.5. The van der Waals surface area contributed by atoms with Crippen molar-refractivity contribution in [2.75, 3.05) is 22.6 Å². The second-order valence-electron chi connectivity index (χ2n) is 6.99. The number of pyridine rings is 1. The number of aromatic nitrogens is 1. The first-order valence-electron chi connectivity index (χ1n) is 9.66. The van der Waals surface area contributed by atoms with Crippen molar-refractivity contribution in [1.29, 1.82) is 0 Å². The largest absolute Gasteiger partial charge is 0.469 e. The van der Waals surface area contributed by atoms with Gasteiger partial charge in [-0.15, -0.1) is 11.3 Å². The molecule has 2 aromatic heterocycles. The van der Waals surface area contributed by atoms with Crippen LogP contribution in [0.2, 0.25) is 4.34 Å². The van der Waals surface area contributed by atoms with Gasteiger partial charge in [-0.05, 0) is 37.3 Å². The molecule has 178 valence electrons. The Morgan fingerprint density at radius 1 is 1.26 bits per heavy atom. The highest BCUT2D eigenvalue weighted by Gasteiger charge is 2.33. The number of fused-ring (bicyclic) bond motifs is 1. The molecule has 1 aromatic carbocycles. The van der Waals surface area contributed by atoms with E-state index in [0.717, 1.165) is 17.4 Å². The number of amides is 3. The van der Waals surface area contributed by atoms with Crippen molar-refractivity contribution in [2.45, 2.75) is 17.4 Å². The molecule has 34 heavy (non-hydrogen) atoms. The van der Waals surface area contributed by atoms with E-state index in [0.29, 0.717) is 5.69 Å². The predicted octanol–water partition coefficient (Wildman–Crippen LogP) is 3.87. The van der Waals surface area contributed by atoms with Crippen molar-refractivity contribution in [1.82, 2.24) is 9.71 Å². The predicted molar refractivity (Wildman–Crippen MR) is 126 cm³/mol. The Bertz CT molecular complexity index is 1380. The van der Waals surface area contributed by atoms with Crippen LogP contribution in [0.1, 0.15) is 17.3 Å². The molecule has 3 amide bonds. The van der Waals surface area contributed by atoms with Crippen LogP contribution in [0.15, 0.2) is 46.8 Å². The number of carbonyl (C=O) groups is 2. The molecule has 3 aromatic rings. The zero-order valence-electron chi connectivity index (χ0n) is 17.6. The fourth-order valence-corrected chi connectivity index (χ4v) is 5.62. The average Bonchev–Trinajstić information content (AvgIpc) is 3.22. The molecule has 0 bridgehead atoms. The van der Waals surface area contributed by atoms with Gasteiger partial charge in [-0.3, -0.25) is 15.0 Å². The summed E-state index contributed by atoms with van der Waals surface area (Å²) in [4.78, 5) is 30.5. The van der Waals surface area contributed by atoms with Crippen LogP contribution in [0.25, 0.3) is 0 Å². The molecule has 3 N–H and O–H groups in total. The van der Waals surface area contributed by atoms with E-state index >= 15 is 0 Å². The molecule has 0 saturated carbocycles. The maximum atomic E-state index is 14.2. The molecule has 14 heteroatoms. The van der Waals surface area contributed by atoms with Crippen LogP contribution in [-0.2, 0) is 10.0 Å². The van der Waals surface area contributed by atoms with Crippen LogP contribution in [0.4, 0.5) is 26.4 Å². The zero-order chi connectivity index (χ0) is 24.6. The third-order valence-corrected chi connectivity index (χ3v) is 7.81. The number of rotatable bonds is 5. The lowest BCUT2D eigenvalue weighted by molar-refractivity contribution is 0.0876. The van der Waals surface area contributed by atoms with Crippen molar-refractivity contribution < 1.29 is 27.1 Å². The number of benzene rings is 1. The summed E-state index contributed by atoms with van der Waals surface area (Å²) in [5, 5.41) is 4.99. The van der Waals surface area contributed by atoms with E-state index in [2.05, 4.69) is 15.6 Å². The first-order valence-corrected chi connectivity index (χ1v) is 12.3. The van der Waals surface area contributed by atoms with Gasteiger partial charge in [-0.1, -0.05) is 11.6 Å². The number of hydrogen-bond acceptors (Lipinski definition) is 8. The molecule has 1 atom stereocenters. The number of sulfonamides is 1. The molecule has 0 spiro atoms. The molecular formula is C20H17ClFN5O5S2. The number of anilines is 3. The lowest BCUT2D eigenvalue weighted by Crippen LogP contribution is -2.46. The van der Waals surface area contributed by atoms with Gasteiger partial charge in [0.05, 0.1) is 27.5 Å². The number of halogens is 2. The summed E-state index contributed by atoms with van der Waals surface area (Å²) in [6.07, 6.45) is 0.575. The maximum Gasteiger partial charge on any atom is 0.334 e. The van der Waals surface area contributed by atoms with Gasteiger partial charge in [0.25, 0.3) is 15.9 Å². The fraction of sp³-hybridized carbons (Fsp3) is 0.150. The Morgan fingerprint density at radius 3 is 2.65 bits per heavy atom. The minimum absolute atomic E-state index is 0.0313. The quantitative estimate of drug-likeness (QED) is 0.461. The van der Waals surface area contributed by atoms with Gasteiger partial charge < -0.3 is 10.1 Å². The Hall–Kier alpha value is -3.42. The minimum atomic E-state index is -4.10. The summed E-state index contributed by atoms with van der Waals surface area (Å²) in [5.74, 6) is -0.813. The SMILES string of the molecule is CNc1cc2c(cc1F)C(=O)N(c1ccc(NC(=O)NS(=O)(=O)c3ccc(Cl)s3)nc1)C(C)O2. The molecule has 0 fully saturated rings. The van der Waals surface area contributed by atoms with Crippen LogP contribution in [0.3, 0.4) is 0 Å². The molecule has 0 aliphatic carbocycles. The summed E-state index contributed by atoms with van der Waals surface area (Å²) in [5.41, 5.74) is 0.579. The number of thiophene rings is 1. The highest BCUT2D eigenvalue weighted by Crippen LogP contribution is 2.35. The number of nitrogens with zero attached hydrogens (tertiary/aromatic N) is 2. The third kappa shape index (κ3) is 4.62. The fourth-order valence-electron chi connectivity index (χ4n) is 3.23. The molecule has 1 aliphatic rings. The Morgan fingerprint density at radius 2 is 2.03 bits per heavy atom. The van der Waals surface area contributed by atoms with Crippen LogP contribution >= 0.6 is 22.9 Å². The molecule has 1 aliphatic heterocycles. The van der Waals surface area contributed by atoms with Crippen LogP contribution in [-0.4, -0.2) is 38.6 Å². The molecule has 4 rings (SSSR count). The molecule has 0 saturated heterocycles. The summed E-state index contributed by atoms with van der Waals surface area (Å²) in [7, 11) is -2.54. The van der Waals surface area contributed by atoms with Crippen LogP contribution < -0.4 is 25.0 Å². The Balaban J connectivity index is 1.48. The third-order valence-electron chi connectivity index (χ3n) is 4.76. The van der Waals surface area contributed by atoms with E-state index in [9.17, 15) is 22.4 Å². The Labute approximate surface area is 202 Å². The molecule has 1 unspecified atom stereocenters. The summed E-state index contributed by atoms with van der Waals surface area (Å²) < 4.78 is 46.4. The van der Waals surface area contributed by atoms with E-state index in [1.807, 2.05) is 4.72 Å². The lowest BCUT2D eigenvalue weighted by Gasteiger charge is -2.34. The van der Waals surface area contributed by atoms with Crippen molar-refractivity contribution in [3.05, 3.63) is 58.3 Å². The molecular weight excluding hydrogens is 509 g/mol. The van der Waals surface area contributed by atoms with E-state index in [1.165, 1.54) is 41.4 Å². The zero-order valence-corrected chi connectivity index (χ0v) is 20.0. The average molecular weight is 526 g/mol. The van der Waals surface area contributed by atoms with E-state index in [4.69, 9.17) is 16.3 Å². The van der Waals surface area contributed by atoms with Gasteiger partial charge in [0.1, 0.15) is 21.6 Å². The standard InChI is InChI=1S/C20H17ClFN5O5S2/c1-10-27(19(28)12-7-13(22)14(23-2)8-15(12)32-10)11-3-5-17(24-9-11)25-20(29)26-34(30,31)18-6-4-16(21)33-18/h3-10,23H,1-2H3,(H2,24,25,26,29).